The molecule has 0 aromatic carbocycles. The SMILES string of the molecule is CC(=O)[C@@H]1NC[C@@H]2[C@H]1C2(C)C. The molecule has 0 aromatic heterocycles. The topological polar surface area (TPSA) is 29.1 Å². The molecular weight excluding hydrogens is 138 g/mol. The minimum Gasteiger partial charge on any atom is -0.307 e. The van der Waals surface area contributed by atoms with E-state index in [4.69, 9.17) is 0 Å². The van der Waals surface area contributed by atoms with Crippen molar-refractivity contribution in [2.75, 3.05) is 6.54 Å². The maximum absolute atomic E-state index is 11.1. The average Bonchev–Trinajstić information content (AvgIpc) is 2.34. The van der Waals surface area contributed by atoms with Crippen molar-refractivity contribution >= 4 is 5.78 Å². The maximum Gasteiger partial charge on any atom is 0.146 e. The molecule has 11 heavy (non-hydrogen) atoms. The summed E-state index contributed by atoms with van der Waals surface area (Å²) < 4.78 is 0. The van der Waals surface area contributed by atoms with Crippen LogP contribution in [0.5, 0.6) is 0 Å². The summed E-state index contributed by atoms with van der Waals surface area (Å²) in [5.74, 6) is 1.69. The zero-order valence-electron chi connectivity index (χ0n) is 7.35. The van der Waals surface area contributed by atoms with Crippen molar-refractivity contribution in [1.82, 2.24) is 5.32 Å². The Hall–Kier alpha value is -0.370. The molecule has 2 fully saturated rings. The minimum absolute atomic E-state index is 0.162. The highest BCUT2D eigenvalue weighted by Crippen LogP contribution is 2.62. The van der Waals surface area contributed by atoms with Crippen LogP contribution in [0.1, 0.15) is 20.8 Å². The molecule has 0 amide bonds. The van der Waals surface area contributed by atoms with E-state index in [9.17, 15) is 4.79 Å². The van der Waals surface area contributed by atoms with Crippen molar-refractivity contribution in [2.24, 2.45) is 17.3 Å². The Labute approximate surface area is 67.4 Å². The number of Topliss-reactive ketones (excluding diaryl/α,β-unsaturated/α-hetero) is 1. The molecule has 1 saturated heterocycles. The van der Waals surface area contributed by atoms with E-state index in [-0.39, 0.29) is 6.04 Å². The fraction of sp³-hybridized carbons (Fsp3) is 0.889. The quantitative estimate of drug-likeness (QED) is 0.604. The zero-order valence-corrected chi connectivity index (χ0v) is 7.35. The second-order valence-electron chi connectivity index (χ2n) is 4.45. The lowest BCUT2D eigenvalue weighted by molar-refractivity contribution is -0.119. The third-order valence-corrected chi connectivity index (χ3v) is 3.49. The number of rotatable bonds is 1. The van der Waals surface area contributed by atoms with Gasteiger partial charge in [-0.3, -0.25) is 4.79 Å². The number of carbonyl (C=O) groups is 1. The van der Waals surface area contributed by atoms with Gasteiger partial charge in [0.25, 0.3) is 0 Å². The molecule has 2 rings (SSSR count). The van der Waals surface area contributed by atoms with Gasteiger partial charge < -0.3 is 5.32 Å². The van der Waals surface area contributed by atoms with E-state index in [1.807, 2.05) is 0 Å². The van der Waals surface area contributed by atoms with Gasteiger partial charge in [0.2, 0.25) is 0 Å². The van der Waals surface area contributed by atoms with Gasteiger partial charge in [-0.1, -0.05) is 13.8 Å². The van der Waals surface area contributed by atoms with E-state index in [2.05, 4.69) is 19.2 Å². The van der Waals surface area contributed by atoms with Gasteiger partial charge in [-0.15, -0.1) is 0 Å². The standard InChI is InChI=1S/C9H15NO/c1-5(11)8-7-6(4-10-8)9(7,2)3/h6-8,10H,4H2,1-3H3/t6-,7-,8+/m1/s1. The largest absolute Gasteiger partial charge is 0.307 e. The smallest absolute Gasteiger partial charge is 0.146 e. The lowest BCUT2D eigenvalue weighted by Crippen LogP contribution is -2.36. The summed E-state index contributed by atoms with van der Waals surface area (Å²) in [4.78, 5) is 11.1. The Kier molecular flexibility index (Phi) is 1.23. The van der Waals surface area contributed by atoms with Gasteiger partial charge in [0.1, 0.15) is 5.78 Å². The van der Waals surface area contributed by atoms with Crippen LogP contribution in [0.2, 0.25) is 0 Å². The second kappa shape index (κ2) is 1.86. The van der Waals surface area contributed by atoms with Crippen LogP contribution in [0.3, 0.4) is 0 Å². The summed E-state index contributed by atoms with van der Waals surface area (Å²) in [5.41, 5.74) is 0.432. The fourth-order valence-corrected chi connectivity index (χ4v) is 2.62. The number of hydrogen-bond donors (Lipinski definition) is 1. The Balaban J connectivity index is 2.13. The molecule has 1 N–H and O–H groups in total. The van der Waals surface area contributed by atoms with Gasteiger partial charge in [-0.25, -0.2) is 0 Å². The summed E-state index contributed by atoms with van der Waals surface area (Å²) in [5, 5.41) is 3.26. The first-order valence-electron chi connectivity index (χ1n) is 4.29. The van der Waals surface area contributed by atoms with Gasteiger partial charge >= 0.3 is 0 Å². The van der Waals surface area contributed by atoms with Gasteiger partial charge in [-0.05, 0) is 30.7 Å². The molecule has 2 nitrogen and oxygen atoms in total. The normalized spacial score (nSPS) is 45.2. The third-order valence-electron chi connectivity index (χ3n) is 3.49. The number of nitrogens with one attached hydrogen (secondary N) is 1. The lowest BCUT2D eigenvalue weighted by atomic mass is 10.0. The molecule has 62 valence electrons. The van der Waals surface area contributed by atoms with Crippen LogP contribution in [0.15, 0.2) is 0 Å². The zero-order chi connectivity index (χ0) is 8.22. The van der Waals surface area contributed by atoms with Crippen LogP contribution in [0, 0.1) is 17.3 Å². The van der Waals surface area contributed by atoms with Crippen LogP contribution in [-0.2, 0) is 4.79 Å². The molecular formula is C9H15NO. The van der Waals surface area contributed by atoms with Crippen LogP contribution >= 0.6 is 0 Å². The third kappa shape index (κ3) is 0.791. The van der Waals surface area contributed by atoms with Gasteiger partial charge in [-0.2, -0.15) is 0 Å². The van der Waals surface area contributed by atoms with Crippen molar-refractivity contribution in [2.45, 2.75) is 26.8 Å². The molecule has 1 aliphatic heterocycles. The fourth-order valence-electron chi connectivity index (χ4n) is 2.62. The first-order chi connectivity index (χ1) is 5.05. The van der Waals surface area contributed by atoms with Crippen molar-refractivity contribution in [3.63, 3.8) is 0 Å². The predicted molar refractivity (Wildman–Crippen MR) is 43.2 cm³/mol. The van der Waals surface area contributed by atoms with Gasteiger partial charge in [0.15, 0.2) is 0 Å². The van der Waals surface area contributed by atoms with E-state index in [1.54, 1.807) is 6.92 Å². The van der Waals surface area contributed by atoms with E-state index in [0.29, 0.717) is 17.1 Å². The summed E-state index contributed by atoms with van der Waals surface area (Å²) in [6.45, 7) is 7.26. The van der Waals surface area contributed by atoms with Crippen molar-refractivity contribution in [1.29, 1.82) is 0 Å². The molecule has 1 heterocycles. The van der Waals surface area contributed by atoms with E-state index >= 15 is 0 Å². The molecule has 1 aliphatic carbocycles. The lowest BCUT2D eigenvalue weighted by Gasteiger charge is -2.15. The van der Waals surface area contributed by atoms with Crippen molar-refractivity contribution in [3.8, 4) is 0 Å². The first kappa shape index (κ1) is 7.29. The highest BCUT2D eigenvalue weighted by Gasteiger charge is 2.64. The molecule has 0 spiro atoms. The highest BCUT2D eigenvalue weighted by molar-refractivity contribution is 5.83. The Morgan fingerprint density at radius 1 is 1.55 bits per heavy atom. The Morgan fingerprint density at radius 2 is 2.18 bits per heavy atom. The monoisotopic (exact) mass is 153 g/mol. The maximum atomic E-state index is 11.1. The summed E-state index contributed by atoms with van der Waals surface area (Å²) >= 11 is 0. The summed E-state index contributed by atoms with van der Waals surface area (Å²) in [6, 6.07) is 0.162. The highest BCUT2D eigenvalue weighted by atomic mass is 16.1. The van der Waals surface area contributed by atoms with E-state index < -0.39 is 0 Å². The van der Waals surface area contributed by atoms with Crippen LogP contribution in [0.4, 0.5) is 0 Å². The molecule has 0 aromatic rings. The molecule has 2 heteroatoms. The number of fused-ring (bicyclic) bond motifs is 1. The Morgan fingerprint density at radius 3 is 2.45 bits per heavy atom. The van der Waals surface area contributed by atoms with E-state index in [1.165, 1.54) is 0 Å². The summed E-state index contributed by atoms with van der Waals surface area (Å²) in [7, 11) is 0. The molecule has 0 radical (unpaired) electrons. The van der Waals surface area contributed by atoms with Crippen molar-refractivity contribution < 1.29 is 4.79 Å². The average molecular weight is 153 g/mol. The number of piperidine rings is 1. The van der Waals surface area contributed by atoms with Crippen LogP contribution in [0.25, 0.3) is 0 Å². The van der Waals surface area contributed by atoms with Crippen LogP contribution < -0.4 is 5.32 Å². The summed E-state index contributed by atoms with van der Waals surface area (Å²) in [6.07, 6.45) is 0. The number of hydrogen-bond acceptors (Lipinski definition) is 2. The van der Waals surface area contributed by atoms with Crippen molar-refractivity contribution in [3.05, 3.63) is 0 Å². The molecule has 0 unspecified atom stereocenters. The number of ketones is 1. The molecule has 2 aliphatic rings. The first-order valence-corrected chi connectivity index (χ1v) is 4.29. The van der Waals surface area contributed by atoms with Gasteiger partial charge in [0, 0.05) is 0 Å². The predicted octanol–water partition coefficient (Wildman–Crippen LogP) is 0.819. The second-order valence-corrected chi connectivity index (χ2v) is 4.45. The number of carbonyl (C=O) groups excluding carboxylic acids is 1. The Bertz CT molecular complexity index is 210. The van der Waals surface area contributed by atoms with E-state index in [0.717, 1.165) is 12.5 Å². The molecule has 3 atom stereocenters. The van der Waals surface area contributed by atoms with Gasteiger partial charge in [0.05, 0.1) is 6.04 Å². The minimum atomic E-state index is 0.162. The molecule has 1 saturated carbocycles. The molecule has 0 bridgehead atoms. The van der Waals surface area contributed by atoms with Crippen LogP contribution in [-0.4, -0.2) is 18.4 Å².